The molecule has 1 aliphatic rings. The standard InChI is InChI=1S/C8H16I/c1-9-7-6-8-4-2-3-5-8/h8H,2-7H2,1H3/q-1. The van der Waals surface area contributed by atoms with Gasteiger partial charge in [0.15, 0.2) is 0 Å². The molecule has 0 aliphatic heterocycles. The molecule has 0 heterocycles. The fourth-order valence-corrected chi connectivity index (χ4v) is 3.07. The molecule has 0 nitrogen and oxygen atoms in total. The molecule has 0 saturated heterocycles. The second-order valence-corrected chi connectivity index (χ2v) is 5.50. The van der Waals surface area contributed by atoms with Crippen LogP contribution in [-0.2, 0) is 0 Å². The third kappa shape index (κ3) is 2.87. The Bertz CT molecular complexity index is 65.0. The van der Waals surface area contributed by atoms with E-state index in [9.17, 15) is 0 Å². The molecular formula is C8H16I-. The van der Waals surface area contributed by atoms with Crippen molar-refractivity contribution in [3.8, 4) is 0 Å². The molecule has 0 aromatic carbocycles. The Labute approximate surface area is 68.7 Å². The molecule has 0 amide bonds. The summed E-state index contributed by atoms with van der Waals surface area (Å²) in [5.41, 5.74) is 0. The Morgan fingerprint density at radius 1 is 1.33 bits per heavy atom. The summed E-state index contributed by atoms with van der Waals surface area (Å²) >= 11 is 0.589. The number of hydrogen-bond acceptors (Lipinski definition) is 0. The van der Waals surface area contributed by atoms with Gasteiger partial charge in [0, 0.05) is 0 Å². The molecule has 0 N–H and O–H groups in total. The zero-order valence-electron chi connectivity index (χ0n) is 6.20. The second-order valence-electron chi connectivity index (χ2n) is 2.90. The summed E-state index contributed by atoms with van der Waals surface area (Å²) in [6.45, 7) is 0. The summed E-state index contributed by atoms with van der Waals surface area (Å²) in [4.78, 5) is 2.40. The van der Waals surface area contributed by atoms with Gasteiger partial charge in [-0.05, 0) is 0 Å². The molecule has 1 fully saturated rings. The minimum absolute atomic E-state index is 0.589. The Morgan fingerprint density at radius 3 is 2.56 bits per heavy atom. The Hall–Kier alpha value is 0.730. The van der Waals surface area contributed by atoms with Crippen molar-refractivity contribution in [2.24, 2.45) is 5.92 Å². The van der Waals surface area contributed by atoms with E-state index < -0.39 is 0 Å². The zero-order chi connectivity index (χ0) is 6.53. The van der Waals surface area contributed by atoms with Gasteiger partial charge in [-0.15, -0.1) is 0 Å². The van der Waals surface area contributed by atoms with Crippen molar-refractivity contribution >= 4 is 0 Å². The van der Waals surface area contributed by atoms with Crippen LogP contribution in [0.5, 0.6) is 0 Å². The third-order valence-corrected chi connectivity index (χ3v) is 3.88. The van der Waals surface area contributed by atoms with Gasteiger partial charge in [0.1, 0.15) is 0 Å². The van der Waals surface area contributed by atoms with E-state index in [1.165, 1.54) is 12.8 Å². The average Bonchev–Trinajstić information content (AvgIpc) is 2.34. The summed E-state index contributed by atoms with van der Waals surface area (Å²) < 4.78 is 1.57. The second kappa shape index (κ2) is 4.53. The van der Waals surface area contributed by atoms with Crippen molar-refractivity contribution in [2.45, 2.75) is 32.1 Å². The van der Waals surface area contributed by atoms with Gasteiger partial charge < -0.3 is 0 Å². The summed E-state index contributed by atoms with van der Waals surface area (Å²) in [6, 6.07) is 0. The molecule has 0 spiro atoms. The first-order valence-corrected chi connectivity index (χ1v) is 7.55. The summed E-state index contributed by atoms with van der Waals surface area (Å²) in [5, 5.41) is 0. The molecule has 1 rings (SSSR count). The Morgan fingerprint density at radius 2 is 2.00 bits per heavy atom. The molecular weight excluding hydrogens is 223 g/mol. The van der Waals surface area contributed by atoms with Gasteiger partial charge in [-0.1, -0.05) is 0 Å². The fraction of sp³-hybridized carbons (Fsp3) is 1.00. The van der Waals surface area contributed by atoms with Crippen LogP contribution in [-0.4, -0.2) is 9.36 Å². The van der Waals surface area contributed by atoms with Crippen LogP contribution >= 0.6 is 0 Å². The van der Waals surface area contributed by atoms with Crippen molar-refractivity contribution in [3.63, 3.8) is 0 Å². The molecule has 0 radical (unpaired) electrons. The van der Waals surface area contributed by atoms with Crippen LogP contribution in [0.15, 0.2) is 0 Å². The van der Waals surface area contributed by atoms with Gasteiger partial charge in [-0.25, -0.2) is 0 Å². The average molecular weight is 239 g/mol. The molecule has 0 unspecified atom stereocenters. The van der Waals surface area contributed by atoms with Crippen molar-refractivity contribution in [2.75, 3.05) is 9.36 Å². The molecule has 0 bridgehead atoms. The minimum atomic E-state index is 0.589. The first kappa shape index (κ1) is 7.83. The van der Waals surface area contributed by atoms with E-state index in [0.29, 0.717) is 21.2 Å². The van der Waals surface area contributed by atoms with Crippen molar-refractivity contribution < 1.29 is 21.2 Å². The topological polar surface area (TPSA) is 0 Å². The SMILES string of the molecule is C[I-]CCC1CCCC1. The van der Waals surface area contributed by atoms with Crippen LogP contribution in [0.25, 0.3) is 0 Å². The quantitative estimate of drug-likeness (QED) is 0.450. The fourth-order valence-electron chi connectivity index (χ4n) is 1.56. The van der Waals surface area contributed by atoms with Gasteiger partial charge in [0.05, 0.1) is 0 Å². The number of rotatable bonds is 3. The van der Waals surface area contributed by atoms with E-state index in [-0.39, 0.29) is 0 Å². The molecule has 0 aromatic rings. The molecule has 1 aliphatic carbocycles. The first-order valence-electron chi connectivity index (χ1n) is 3.87. The Kier molecular flexibility index (Phi) is 3.94. The van der Waals surface area contributed by atoms with Gasteiger partial charge >= 0.3 is 68.6 Å². The van der Waals surface area contributed by atoms with Crippen molar-refractivity contribution in [1.82, 2.24) is 0 Å². The van der Waals surface area contributed by atoms with Gasteiger partial charge in [-0.3, -0.25) is 0 Å². The first-order chi connectivity index (χ1) is 4.43. The van der Waals surface area contributed by atoms with Crippen LogP contribution in [0.3, 0.4) is 0 Å². The number of hydrogen-bond donors (Lipinski definition) is 0. The van der Waals surface area contributed by atoms with E-state index in [1.54, 1.807) is 23.7 Å². The van der Waals surface area contributed by atoms with Crippen LogP contribution in [0.1, 0.15) is 32.1 Å². The van der Waals surface area contributed by atoms with Gasteiger partial charge in [0.2, 0.25) is 0 Å². The van der Waals surface area contributed by atoms with E-state index >= 15 is 0 Å². The molecule has 1 saturated carbocycles. The van der Waals surface area contributed by atoms with E-state index in [1.807, 2.05) is 0 Å². The summed E-state index contributed by atoms with van der Waals surface area (Å²) in [5.74, 6) is 1.14. The van der Waals surface area contributed by atoms with Gasteiger partial charge in [-0.2, -0.15) is 0 Å². The van der Waals surface area contributed by atoms with Crippen LogP contribution in [0.4, 0.5) is 0 Å². The van der Waals surface area contributed by atoms with E-state index in [0.717, 1.165) is 5.92 Å². The molecule has 0 atom stereocenters. The van der Waals surface area contributed by atoms with Gasteiger partial charge in [0.25, 0.3) is 0 Å². The Balaban J connectivity index is 1.98. The monoisotopic (exact) mass is 239 g/mol. The van der Waals surface area contributed by atoms with Crippen molar-refractivity contribution in [1.29, 1.82) is 0 Å². The zero-order valence-corrected chi connectivity index (χ0v) is 8.36. The van der Waals surface area contributed by atoms with E-state index in [2.05, 4.69) is 4.93 Å². The number of alkyl halides is 2. The summed E-state index contributed by atoms with van der Waals surface area (Å²) in [7, 11) is 0. The molecule has 9 heavy (non-hydrogen) atoms. The van der Waals surface area contributed by atoms with E-state index in [4.69, 9.17) is 0 Å². The van der Waals surface area contributed by atoms with Crippen molar-refractivity contribution in [3.05, 3.63) is 0 Å². The predicted molar refractivity (Wildman–Crippen MR) is 37.4 cm³/mol. The van der Waals surface area contributed by atoms with Crippen LogP contribution < -0.4 is 21.2 Å². The maximum absolute atomic E-state index is 2.40. The molecule has 1 heteroatoms. The van der Waals surface area contributed by atoms with Crippen LogP contribution in [0.2, 0.25) is 0 Å². The normalized spacial score (nSPS) is 21.4. The van der Waals surface area contributed by atoms with Crippen LogP contribution in [0, 0.1) is 5.92 Å². The summed E-state index contributed by atoms with van der Waals surface area (Å²) in [6.07, 6.45) is 7.69. The third-order valence-electron chi connectivity index (χ3n) is 2.18. The molecule has 56 valence electrons. The number of halogens is 1. The maximum atomic E-state index is 2.40. The molecule has 0 aromatic heterocycles. The predicted octanol–water partition coefficient (Wildman–Crippen LogP) is -0.714.